The van der Waals surface area contributed by atoms with Crippen molar-refractivity contribution in [2.45, 2.75) is 38.0 Å². The zero-order valence-electron chi connectivity index (χ0n) is 18.4. The largest absolute Gasteiger partial charge is 0.433 e. The number of nitrogens with one attached hydrogen (secondary N) is 2. The molecule has 2 atom stereocenters. The fourth-order valence-corrected chi connectivity index (χ4v) is 3.72. The van der Waals surface area contributed by atoms with Gasteiger partial charge in [0.1, 0.15) is 17.3 Å². The molecule has 0 saturated heterocycles. The Morgan fingerprint density at radius 2 is 1.67 bits per heavy atom. The third-order valence-corrected chi connectivity index (χ3v) is 5.45. The molecule has 2 aromatic carbocycles. The lowest BCUT2D eigenvalue weighted by Crippen LogP contribution is -2.33. The van der Waals surface area contributed by atoms with Crippen molar-refractivity contribution in [3.05, 3.63) is 100 Å². The molecule has 0 aliphatic rings. The van der Waals surface area contributed by atoms with Crippen LogP contribution in [0.1, 0.15) is 46.5 Å². The Labute approximate surface area is 190 Å². The number of hydrogen-bond donors (Lipinski definition) is 2. The van der Waals surface area contributed by atoms with E-state index in [1.165, 1.54) is 30.5 Å². The van der Waals surface area contributed by atoms with Gasteiger partial charge in [-0.25, -0.2) is 8.78 Å². The molecule has 3 rings (SSSR count). The molecule has 3 nitrogen and oxygen atoms in total. The number of rotatable bonds is 9. The second kappa shape index (κ2) is 10.9. The minimum atomic E-state index is -4.50. The van der Waals surface area contributed by atoms with Gasteiger partial charge < -0.3 is 10.6 Å². The number of halogens is 5. The second-order valence-electron chi connectivity index (χ2n) is 7.99. The third kappa shape index (κ3) is 6.82. The number of pyridine rings is 1. The zero-order chi connectivity index (χ0) is 24.0. The first-order valence-electron chi connectivity index (χ1n) is 10.6. The molecule has 33 heavy (non-hydrogen) atoms. The summed E-state index contributed by atoms with van der Waals surface area (Å²) in [6.07, 6.45) is -2.47. The molecule has 8 heteroatoms. The molecule has 0 saturated carbocycles. The van der Waals surface area contributed by atoms with Gasteiger partial charge in [0.2, 0.25) is 0 Å². The Bertz CT molecular complexity index is 1030. The molecule has 0 aliphatic heterocycles. The van der Waals surface area contributed by atoms with E-state index in [0.29, 0.717) is 30.5 Å². The highest BCUT2D eigenvalue weighted by Crippen LogP contribution is 2.29. The molecule has 0 aliphatic carbocycles. The lowest BCUT2D eigenvalue weighted by molar-refractivity contribution is -0.141. The van der Waals surface area contributed by atoms with Crippen molar-refractivity contribution in [1.29, 1.82) is 0 Å². The van der Waals surface area contributed by atoms with Crippen LogP contribution in [0.5, 0.6) is 0 Å². The number of benzene rings is 2. The van der Waals surface area contributed by atoms with E-state index >= 15 is 0 Å². The van der Waals surface area contributed by atoms with Crippen LogP contribution in [0.3, 0.4) is 0 Å². The van der Waals surface area contributed by atoms with Crippen molar-refractivity contribution in [1.82, 2.24) is 15.6 Å². The van der Waals surface area contributed by atoms with Gasteiger partial charge in [-0.05, 0) is 62.2 Å². The van der Waals surface area contributed by atoms with Crippen molar-refractivity contribution in [2.75, 3.05) is 13.6 Å². The van der Waals surface area contributed by atoms with Crippen LogP contribution >= 0.6 is 0 Å². The van der Waals surface area contributed by atoms with E-state index in [9.17, 15) is 22.0 Å². The normalized spacial score (nSPS) is 13.7. The lowest BCUT2D eigenvalue weighted by Gasteiger charge is -2.27. The van der Waals surface area contributed by atoms with Crippen molar-refractivity contribution >= 4 is 0 Å². The highest BCUT2D eigenvalue weighted by atomic mass is 19.4. The number of likely N-dealkylation sites (N-methyl/N-ethyl adjacent to an activating group) is 1. The van der Waals surface area contributed by atoms with Crippen molar-refractivity contribution in [3.8, 4) is 0 Å². The van der Waals surface area contributed by atoms with E-state index in [1.54, 1.807) is 31.3 Å². The Kier molecular flexibility index (Phi) is 8.15. The molecule has 0 unspecified atom stereocenters. The highest BCUT2D eigenvalue weighted by Gasteiger charge is 2.32. The van der Waals surface area contributed by atoms with Gasteiger partial charge in [-0.3, -0.25) is 4.98 Å². The number of alkyl halides is 3. The summed E-state index contributed by atoms with van der Waals surface area (Å²) in [6.45, 7) is 2.38. The Morgan fingerprint density at radius 3 is 2.27 bits per heavy atom. The molecule has 1 aromatic heterocycles. The number of aromatic nitrogens is 1. The molecular formula is C25H26F5N3. The maximum absolute atomic E-state index is 14.8. The summed E-state index contributed by atoms with van der Waals surface area (Å²) >= 11 is 0. The van der Waals surface area contributed by atoms with Crippen LogP contribution in [0.25, 0.3) is 0 Å². The van der Waals surface area contributed by atoms with Crippen LogP contribution in [0.4, 0.5) is 22.0 Å². The van der Waals surface area contributed by atoms with Crippen LogP contribution in [0.15, 0.2) is 60.8 Å². The molecule has 2 N–H and O–H groups in total. The van der Waals surface area contributed by atoms with Crippen LogP contribution in [0.2, 0.25) is 0 Å². The monoisotopic (exact) mass is 463 g/mol. The van der Waals surface area contributed by atoms with Crippen LogP contribution in [-0.4, -0.2) is 18.6 Å². The maximum Gasteiger partial charge on any atom is 0.433 e. The predicted molar refractivity (Wildman–Crippen MR) is 118 cm³/mol. The summed E-state index contributed by atoms with van der Waals surface area (Å²) in [4.78, 5) is 3.51. The number of nitrogens with zero attached hydrogens (tertiary/aromatic N) is 1. The van der Waals surface area contributed by atoms with E-state index in [4.69, 9.17) is 0 Å². The second-order valence-corrected chi connectivity index (χ2v) is 7.99. The first kappa shape index (κ1) is 24.8. The first-order valence-corrected chi connectivity index (χ1v) is 10.6. The summed E-state index contributed by atoms with van der Waals surface area (Å²) in [6, 6.07) is 12.6. The van der Waals surface area contributed by atoms with E-state index < -0.39 is 17.9 Å². The van der Waals surface area contributed by atoms with Gasteiger partial charge in [0.15, 0.2) is 0 Å². The minimum Gasteiger partial charge on any atom is -0.318 e. The predicted octanol–water partition coefficient (Wildman–Crippen LogP) is 5.91. The zero-order valence-corrected chi connectivity index (χ0v) is 18.4. The van der Waals surface area contributed by atoms with Crippen molar-refractivity contribution in [2.24, 2.45) is 0 Å². The highest BCUT2D eigenvalue weighted by molar-refractivity contribution is 5.29. The summed E-state index contributed by atoms with van der Waals surface area (Å²) in [5.74, 6) is -0.719. The fraction of sp³-hybridized carbons (Fsp3) is 0.320. The SMILES string of the molecule is CNC[C@@H](N[C@@H](CCc1ccc(C(F)(F)F)nc1)c1cc(C)ccc1F)c1ccc(F)cc1. The molecular weight excluding hydrogens is 437 g/mol. The molecule has 0 radical (unpaired) electrons. The van der Waals surface area contributed by atoms with Crippen molar-refractivity contribution < 1.29 is 22.0 Å². The van der Waals surface area contributed by atoms with Crippen LogP contribution in [-0.2, 0) is 12.6 Å². The maximum atomic E-state index is 14.8. The lowest BCUT2D eigenvalue weighted by atomic mass is 9.95. The molecule has 0 amide bonds. The van der Waals surface area contributed by atoms with Crippen molar-refractivity contribution in [3.63, 3.8) is 0 Å². The summed E-state index contributed by atoms with van der Waals surface area (Å²) in [5.41, 5.74) is 1.87. The van der Waals surface area contributed by atoms with E-state index in [-0.39, 0.29) is 17.7 Å². The van der Waals surface area contributed by atoms with E-state index in [2.05, 4.69) is 15.6 Å². The van der Waals surface area contributed by atoms with E-state index in [0.717, 1.165) is 17.2 Å². The van der Waals surface area contributed by atoms with Gasteiger partial charge in [-0.1, -0.05) is 35.9 Å². The molecule has 1 heterocycles. The fourth-order valence-electron chi connectivity index (χ4n) is 3.72. The van der Waals surface area contributed by atoms with Gasteiger partial charge in [0, 0.05) is 30.4 Å². The Hall–Kier alpha value is -2.84. The molecule has 0 spiro atoms. The molecule has 3 aromatic rings. The third-order valence-electron chi connectivity index (χ3n) is 5.45. The topological polar surface area (TPSA) is 37.0 Å². The Morgan fingerprint density at radius 1 is 0.939 bits per heavy atom. The van der Waals surface area contributed by atoms with Gasteiger partial charge in [0.05, 0.1) is 0 Å². The van der Waals surface area contributed by atoms with Crippen LogP contribution in [0, 0.1) is 18.6 Å². The number of hydrogen-bond acceptors (Lipinski definition) is 3. The number of aryl methyl sites for hydroxylation is 2. The summed E-state index contributed by atoms with van der Waals surface area (Å²) in [7, 11) is 1.79. The van der Waals surface area contributed by atoms with Gasteiger partial charge >= 0.3 is 6.18 Å². The molecule has 176 valence electrons. The van der Waals surface area contributed by atoms with Gasteiger partial charge in [-0.2, -0.15) is 13.2 Å². The van der Waals surface area contributed by atoms with Gasteiger partial charge in [-0.15, -0.1) is 0 Å². The summed E-state index contributed by atoms with van der Waals surface area (Å²) in [5, 5.41) is 6.55. The van der Waals surface area contributed by atoms with E-state index in [1.807, 2.05) is 6.92 Å². The Balaban J connectivity index is 1.85. The minimum absolute atomic E-state index is 0.244. The smallest absolute Gasteiger partial charge is 0.318 e. The molecule has 0 bridgehead atoms. The molecule has 0 fully saturated rings. The van der Waals surface area contributed by atoms with Gasteiger partial charge in [0.25, 0.3) is 0 Å². The summed E-state index contributed by atoms with van der Waals surface area (Å²) < 4.78 is 66.6. The standard InChI is InChI=1S/C25H26F5N3/c1-16-3-10-21(27)20(13-16)22(11-4-17-5-12-24(32-14-17)25(28,29)30)33-23(15-31-2)18-6-8-19(26)9-7-18/h3,5-10,12-14,22-23,31,33H,4,11,15H2,1-2H3/t22-,23+/m0/s1. The average molecular weight is 463 g/mol. The first-order chi connectivity index (χ1) is 15.7. The quantitative estimate of drug-likeness (QED) is 0.388. The van der Waals surface area contributed by atoms with Crippen LogP contribution < -0.4 is 10.6 Å². The average Bonchev–Trinajstić information content (AvgIpc) is 2.78.